The fourth-order valence-corrected chi connectivity index (χ4v) is 3.55. The van der Waals surface area contributed by atoms with E-state index in [9.17, 15) is 9.59 Å². The highest BCUT2D eigenvalue weighted by atomic mass is 32.2. The molecule has 1 aromatic rings. The maximum Gasteiger partial charge on any atom is 0.305 e. The third-order valence-electron chi connectivity index (χ3n) is 3.59. The zero-order valence-electron chi connectivity index (χ0n) is 12.5. The van der Waals surface area contributed by atoms with Crippen LogP contribution in [0.2, 0.25) is 0 Å². The first kappa shape index (κ1) is 16.6. The molecule has 1 N–H and O–H groups in total. The fourth-order valence-electron chi connectivity index (χ4n) is 2.49. The summed E-state index contributed by atoms with van der Waals surface area (Å²) in [5.74, 6) is 0.832. The van der Waals surface area contributed by atoms with Gasteiger partial charge in [-0.1, -0.05) is 42.5 Å². The number of hydrogen-bond donors (Lipinski definition) is 1. The van der Waals surface area contributed by atoms with Crippen molar-refractivity contribution in [1.29, 1.82) is 0 Å². The number of carbonyl (C=O) groups excluding carboxylic acids is 1. The Morgan fingerprint density at radius 1 is 1.32 bits per heavy atom. The van der Waals surface area contributed by atoms with Gasteiger partial charge in [-0.2, -0.15) is 11.8 Å². The second kappa shape index (κ2) is 8.63. The number of rotatable bonds is 6. The largest absolute Gasteiger partial charge is 0.481 e. The van der Waals surface area contributed by atoms with E-state index in [-0.39, 0.29) is 18.4 Å². The Morgan fingerprint density at radius 2 is 2.09 bits per heavy atom. The van der Waals surface area contributed by atoms with Gasteiger partial charge in [-0.15, -0.1) is 0 Å². The highest BCUT2D eigenvalue weighted by molar-refractivity contribution is 7.99. The zero-order valence-corrected chi connectivity index (χ0v) is 13.3. The molecule has 0 aliphatic carbocycles. The Labute approximate surface area is 135 Å². The molecule has 2 rings (SSSR count). The number of carbonyl (C=O) groups is 2. The third-order valence-corrected chi connectivity index (χ3v) is 4.68. The molecular weight excluding hydrogens is 298 g/mol. The van der Waals surface area contributed by atoms with Crippen molar-refractivity contribution in [2.45, 2.75) is 25.3 Å². The first-order valence-corrected chi connectivity index (χ1v) is 8.63. The summed E-state index contributed by atoms with van der Waals surface area (Å²) in [6, 6.07) is 9.80. The van der Waals surface area contributed by atoms with E-state index in [1.165, 1.54) is 0 Å². The van der Waals surface area contributed by atoms with E-state index < -0.39 is 5.97 Å². The molecule has 1 aliphatic heterocycles. The molecular formula is C17H21NO3S. The van der Waals surface area contributed by atoms with Crippen LogP contribution in [0.5, 0.6) is 0 Å². The molecule has 1 fully saturated rings. The van der Waals surface area contributed by atoms with Gasteiger partial charge in [-0.25, -0.2) is 0 Å². The average Bonchev–Trinajstić information content (AvgIpc) is 2.52. The molecule has 1 aliphatic rings. The van der Waals surface area contributed by atoms with E-state index in [0.717, 1.165) is 17.1 Å². The molecule has 5 heteroatoms. The van der Waals surface area contributed by atoms with Crippen molar-refractivity contribution in [1.82, 2.24) is 4.90 Å². The Morgan fingerprint density at radius 3 is 2.82 bits per heavy atom. The summed E-state index contributed by atoms with van der Waals surface area (Å²) in [5.41, 5.74) is 1.12. The van der Waals surface area contributed by atoms with Crippen LogP contribution in [0.15, 0.2) is 36.4 Å². The lowest BCUT2D eigenvalue weighted by Gasteiger charge is -2.34. The van der Waals surface area contributed by atoms with Crippen LogP contribution in [0, 0.1) is 0 Å². The predicted molar refractivity (Wildman–Crippen MR) is 89.8 cm³/mol. The number of aliphatic carboxylic acids is 1. The molecule has 1 atom stereocenters. The number of carboxylic acid groups (broad SMARTS) is 1. The molecule has 0 aromatic heterocycles. The van der Waals surface area contributed by atoms with Gasteiger partial charge in [0.05, 0.1) is 12.5 Å². The highest BCUT2D eigenvalue weighted by Gasteiger charge is 2.28. The van der Waals surface area contributed by atoms with Crippen LogP contribution in [0.1, 0.15) is 24.8 Å². The quantitative estimate of drug-likeness (QED) is 0.876. The molecule has 0 spiro atoms. The lowest BCUT2D eigenvalue weighted by atomic mass is 10.1. The summed E-state index contributed by atoms with van der Waals surface area (Å²) in [5, 5.41) is 8.95. The van der Waals surface area contributed by atoms with Gasteiger partial charge in [-0.05, 0) is 12.0 Å². The summed E-state index contributed by atoms with van der Waals surface area (Å²) >= 11 is 1.72. The SMILES string of the molecule is O=C(O)CC1CSCCN1C(=O)CC/C=C/c1ccccc1. The number of allylic oxidation sites excluding steroid dienone is 1. The molecule has 1 amide bonds. The van der Waals surface area contributed by atoms with E-state index >= 15 is 0 Å². The first-order chi connectivity index (χ1) is 10.7. The van der Waals surface area contributed by atoms with Crippen LogP contribution in [-0.4, -0.2) is 46.0 Å². The van der Waals surface area contributed by atoms with Crippen LogP contribution in [0.25, 0.3) is 6.08 Å². The van der Waals surface area contributed by atoms with Gasteiger partial charge in [0.15, 0.2) is 0 Å². The minimum Gasteiger partial charge on any atom is -0.481 e. The minimum absolute atomic E-state index is 0.0403. The van der Waals surface area contributed by atoms with Gasteiger partial charge >= 0.3 is 5.97 Å². The molecule has 1 aromatic carbocycles. The van der Waals surface area contributed by atoms with Crippen molar-refractivity contribution in [3.8, 4) is 0 Å². The summed E-state index contributed by atoms with van der Waals surface area (Å²) in [6.45, 7) is 0.657. The molecule has 0 bridgehead atoms. The van der Waals surface area contributed by atoms with Crippen molar-refractivity contribution in [2.75, 3.05) is 18.1 Å². The average molecular weight is 319 g/mol. The highest BCUT2D eigenvalue weighted by Crippen LogP contribution is 2.20. The van der Waals surface area contributed by atoms with Gasteiger partial charge in [0.1, 0.15) is 0 Å². The lowest BCUT2D eigenvalue weighted by Crippen LogP contribution is -2.47. The standard InChI is InChI=1S/C17H21NO3S/c19-16(9-5-4-8-14-6-2-1-3-7-14)18-10-11-22-13-15(18)12-17(20)21/h1-4,6-8,15H,5,9-13H2,(H,20,21)/b8-4+. The van der Waals surface area contributed by atoms with E-state index in [0.29, 0.717) is 19.4 Å². The molecule has 1 saturated heterocycles. The summed E-state index contributed by atoms with van der Waals surface area (Å²) < 4.78 is 0. The van der Waals surface area contributed by atoms with Crippen molar-refractivity contribution in [3.05, 3.63) is 42.0 Å². The molecule has 4 nitrogen and oxygen atoms in total. The molecule has 1 unspecified atom stereocenters. The molecule has 0 saturated carbocycles. The Balaban J connectivity index is 1.82. The van der Waals surface area contributed by atoms with Gasteiger partial charge in [-0.3, -0.25) is 9.59 Å². The number of hydrogen-bond acceptors (Lipinski definition) is 3. The first-order valence-electron chi connectivity index (χ1n) is 7.47. The van der Waals surface area contributed by atoms with Gasteiger partial charge in [0, 0.05) is 24.5 Å². The fraction of sp³-hybridized carbons (Fsp3) is 0.412. The van der Waals surface area contributed by atoms with Crippen molar-refractivity contribution < 1.29 is 14.7 Å². The Kier molecular flexibility index (Phi) is 6.52. The van der Waals surface area contributed by atoms with Crippen LogP contribution in [0.4, 0.5) is 0 Å². The smallest absolute Gasteiger partial charge is 0.305 e. The van der Waals surface area contributed by atoms with Crippen molar-refractivity contribution in [2.24, 2.45) is 0 Å². The number of carboxylic acids is 1. The summed E-state index contributed by atoms with van der Waals surface area (Å²) in [6.07, 6.45) is 5.16. The maximum atomic E-state index is 12.3. The second-order valence-corrected chi connectivity index (χ2v) is 6.42. The van der Waals surface area contributed by atoms with Crippen LogP contribution in [-0.2, 0) is 9.59 Å². The molecule has 0 radical (unpaired) electrons. The van der Waals surface area contributed by atoms with Gasteiger partial charge < -0.3 is 10.0 Å². The van der Waals surface area contributed by atoms with E-state index in [2.05, 4.69) is 0 Å². The van der Waals surface area contributed by atoms with E-state index in [1.807, 2.05) is 42.5 Å². The minimum atomic E-state index is -0.839. The van der Waals surface area contributed by atoms with Crippen molar-refractivity contribution in [3.63, 3.8) is 0 Å². The number of benzene rings is 1. The second-order valence-electron chi connectivity index (χ2n) is 5.27. The van der Waals surface area contributed by atoms with Gasteiger partial charge in [0.2, 0.25) is 5.91 Å². The molecule has 22 heavy (non-hydrogen) atoms. The van der Waals surface area contributed by atoms with Crippen LogP contribution in [0.3, 0.4) is 0 Å². The van der Waals surface area contributed by atoms with Gasteiger partial charge in [0.25, 0.3) is 0 Å². The third kappa shape index (κ3) is 5.22. The normalized spacial score (nSPS) is 18.5. The van der Waals surface area contributed by atoms with E-state index in [1.54, 1.807) is 16.7 Å². The summed E-state index contributed by atoms with van der Waals surface area (Å²) in [7, 11) is 0. The number of nitrogens with zero attached hydrogens (tertiary/aromatic N) is 1. The monoisotopic (exact) mass is 319 g/mol. The summed E-state index contributed by atoms with van der Waals surface area (Å²) in [4.78, 5) is 24.9. The zero-order chi connectivity index (χ0) is 15.8. The predicted octanol–water partition coefficient (Wildman–Crippen LogP) is 2.90. The van der Waals surface area contributed by atoms with E-state index in [4.69, 9.17) is 5.11 Å². The lowest BCUT2D eigenvalue weighted by molar-refractivity contribution is -0.140. The maximum absolute atomic E-state index is 12.3. The Bertz CT molecular complexity index is 530. The van der Waals surface area contributed by atoms with Crippen molar-refractivity contribution >= 4 is 29.7 Å². The molecule has 118 valence electrons. The topological polar surface area (TPSA) is 57.6 Å². The molecule has 1 heterocycles. The van der Waals surface area contributed by atoms with Crippen LogP contribution < -0.4 is 0 Å². The number of thioether (sulfide) groups is 1. The Hall–Kier alpha value is -1.75. The van der Waals surface area contributed by atoms with Crippen LogP contribution >= 0.6 is 11.8 Å². The number of amides is 1.